The number of aryl methyl sites for hydroxylation is 4. The van der Waals surface area contributed by atoms with Crippen LogP contribution in [-0.4, -0.2) is 11.6 Å². The van der Waals surface area contributed by atoms with E-state index in [2.05, 4.69) is 24.3 Å². The van der Waals surface area contributed by atoms with Crippen LogP contribution in [-0.2, 0) is 25.7 Å². The summed E-state index contributed by atoms with van der Waals surface area (Å²) >= 11 is 0. The van der Waals surface area contributed by atoms with Crippen LogP contribution in [0.1, 0.15) is 67.9 Å². The van der Waals surface area contributed by atoms with Crippen LogP contribution in [0.5, 0.6) is 0 Å². The molecule has 0 amide bonds. The van der Waals surface area contributed by atoms with E-state index in [1.54, 1.807) is 12.2 Å². The van der Waals surface area contributed by atoms with Crippen molar-refractivity contribution in [2.24, 2.45) is 0 Å². The number of ketones is 2. The second-order valence-corrected chi connectivity index (χ2v) is 7.65. The molecule has 4 aliphatic rings. The number of hydrogen-bond donors (Lipinski definition) is 0. The average Bonchev–Trinajstić information content (AvgIpc) is 3.07. The molecule has 0 spiro atoms. The van der Waals surface area contributed by atoms with Crippen LogP contribution < -0.4 is 0 Å². The van der Waals surface area contributed by atoms with Crippen molar-refractivity contribution < 1.29 is 9.59 Å². The molecule has 26 heavy (non-hydrogen) atoms. The lowest BCUT2D eigenvalue weighted by Crippen LogP contribution is -2.10. The molecule has 2 nitrogen and oxygen atoms in total. The van der Waals surface area contributed by atoms with E-state index in [0.29, 0.717) is 0 Å². The molecule has 0 aromatic heterocycles. The van der Waals surface area contributed by atoms with E-state index in [1.165, 1.54) is 11.1 Å². The van der Waals surface area contributed by atoms with E-state index in [0.717, 1.165) is 70.2 Å². The molecular weight excluding hydrogens is 320 g/mol. The van der Waals surface area contributed by atoms with Crippen molar-refractivity contribution in [1.82, 2.24) is 0 Å². The van der Waals surface area contributed by atoms with Gasteiger partial charge in [-0.15, -0.1) is 0 Å². The monoisotopic (exact) mass is 340 g/mol. The Morgan fingerprint density at radius 2 is 0.846 bits per heavy atom. The zero-order chi connectivity index (χ0) is 18.0. The van der Waals surface area contributed by atoms with Crippen molar-refractivity contribution in [2.75, 3.05) is 0 Å². The van der Waals surface area contributed by atoms with E-state index in [1.807, 2.05) is 13.8 Å². The van der Waals surface area contributed by atoms with E-state index >= 15 is 0 Å². The van der Waals surface area contributed by atoms with Crippen LogP contribution in [0.4, 0.5) is 0 Å². The number of fused-ring (bicyclic) bond motifs is 4. The number of carbonyl (C=O) groups excluding carboxylic acids is 2. The highest BCUT2D eigenvalue weighted by Gasteiger charge is 2.28. The van der Waals surface area contributed by atoms with Gasteiger partial charge in [0.1, 0.15) is 0 Å². The van der Waals surface area contributed by atoms with Gasteiger partial charge in [-0.25, -0.2) is 0 Å². The van der Waals surface area contributed by atoms with E-state index in [9.17, 15) is 9.59 Å². The molecule has 0 unspecified atom stereocenters. The quantitative estimate of drug-likeness (QED) is 0.692. The van der Waals surface area contributed by atoms with Gasteiger partial charge in [-0.05, 0) is 96.2 Å². The molecule has 2 aromatic rings. The predicted octanol–water partition coefficient (Wildman–Crippen LogP) is 4.77. The smallest absolute Gasteiger partial charge is 0.187 e. The summed E-state index contributed by atoms with van der Waals surface area (Å²) < 4.78 is 0. The Hall–Kier alpha value is -2.74. The summed E-state index contributed by atoms with van der Waals surface area (Å²) in [6, 6.07) is 8.65. The minimum absolute atomic E-state index is 0.150. The summed E-state index contributed by atoms with van der Waals surface area (Å²) in [5.41, 5.74) is 11.0. The summed E-state index contributed by atoms with van der Waals surface area (Å²) in [6.07, 6.45) is 6.89. The molecule has 128 valence electrons. The largest absolute Gasteiger partial charge is 0.289 e. The molecule has 0 aliphatic heterocycles. The first kappa shape index (κ1) is 15.5. The first-order valence-electron chi connectivity index (χ1n) is 9.30. The Kier molecular flexibility index (Phi) is 3.21. The third-order valence-electron chi connectivity index (χ3n) is 6.06. The molecule has 0 saturated heterocycles. The maximum absolute atomic E-state index is 12.6. The van der Waals surface area contributed by atoms with Crippen LogP contribution in [0, 0.1) is 0 Å². The van der Waals surface area contributed by atoms with Gasteiger partial charge >= 0.3 is 0 Å². The standard InChI is InChI=1S/C24H20O2/c1-13-11-19(25)23-17-7-3-15(21(13)23)5-9-18-8-4-16(6-10-17)22-14(2)12-20(26)24(18)22/h3-4,7-8,11-12H,5-6,9-10H2,1-2H3. The van der Waals surface area contributed by atoms with Gasteiger partial charge in [-0.1, -0.05) is 24.3 Å². The van der Waals surface area contributed by atoms with Gasteiger partial charge in [0.05, 0.1) is 0 Å². The molecule has 0 atom stereocenters. The molecule has 0 fully saturated rings. The van der Waals surface area contributed by atoms with Crippen LogP contribution in [0.3, 0.4) is 0 Å². The SMILES string of the molecule is CC1=CC(=O)c2c3ccc(c21)CCc1ccc(c2c1C(=O)C=C2C)CC3. The Labute approximate surface area is 153 Å². The van der Waals surface area contributed by atoms with Gasteiger partial charge in [-0.3, -0.25) is 9.59 Å². The highest BCUT2D eigenvalue weighted by atomic mass is 16.1. The second-order valence-electron chi connectivity index (χ2n) is 7.65. The van der Waals surface area contributed by atoms with Crippen molar-refractivity contribution in [3.05, 3.63) is 80.9 Å². The van der Waals surface area contributed by atoms with Gasteiger partial charge in [0.25, 0.3) is 0 Å². The average molecular weight is 340 g/mol. The summed E-state index contributed by atoms with van der Waals surface area (Å²) in [7, 11) is 0. The lowest BCUT2D eigenvalue weighted by atomic mass is 9.85. The van der Waals surface area contributed by atoms with Gasteiger partial charge in [0, 0.05) is 11.1 Å². The first-order valence-corrected chi connectivity index (χ1v) is 9.30. The summed E-state index contributed by atoms with van der Waals surface area (Å²) in [5.74, 6) is 0.300. The predicted molar refractivity (Wildman–Crippen MR) is 104 cm³/mol. The maximum Gasteiger partial charge on any atom is 0.187 e. The highest BCUT2D eigenvalue weighted by molar-refractivity contribution is 6.18. The molecule has 2 aromatic carbocycles. The van der Waals surface area contributed by atoms with E-state index in [-0.39, 0.29) is 11.6 Å². The molecule has 4 bridgehead atoms. The molecule has 2 heteroatoms. The lowest BCUT2D eigenvalue weighted by Gasteiger charge is -2.19. The van der Waals surface area contributed by atoms with Gasteiger partial charge in [0.15, 0.2) is 11.6 Å². The zero-order valence-electron chi connectivity index (χ0n) is 15.1. The Morgan fingerprint density at radius 3 is 1.19 bits per heavy atom. The van der Waals surface area contributed by atoms with Crippen LogP contribution in [0.15, 0.2) is 36.4 Å². The zero-order valence-corrected chi connectivity index (χ0v) is 15.1. The fourth-order valence-corrected chi connectivity index (χ4v) is 4.90. The van der Waals surface area contributed by atoms with Crippen LogP contribution in [0.25, 0.3) is 11.1 Å². The molecule has 0 saturated carbocycles. The van der Waals surface area contributed by atoms with Crippen molar-refractivity contribution in [3.8, 4) is 0 Å². The fraction of sp³-hybridized carbons (Fsp3) is 0.250. The number of hydrogen-bond acceptors (Lipinski definition) is 2. The topological polar surface area (TPSA) is 34.1 Å². The Morgan fingerprint density at radius 1 is 0.538 bits per heavy atom. The number of benzene rings is 2. The van der Waals surface area contributed by atoms with Crippen molar-refractivity contribution in [3.63, 3.8) is 0 Å². The van der Waals surface area contributed by atoms with Gasteiger partial charge in [0.2, 0.25) is 0 Å². The highest BCUT2D eigenvalue weighted by Crippen LogP contribution is 2.38. The van der Waals surface area contributed by atoms with Crippen molar-refractivity contribution >= 4 is 22.7 Å². The molecular formula is C24H20O2. The molecule has 6 rings (SSSR count). The normalized spacial score (nSPS) is 17.6. The van der Waals surface area contributed by atoms with Crippen LogP contribution in [0.2, 0.25) is 0 Å². The molecule has 0 N–H and O–H groups in total. The van der Waals surface area contributed by atoms with E-state index in [4.69, 9.17) is 0 Å². The summed E-state index contributed by atoms with van der Waals surface area (Å²) in [4.78, 5) is 25.1. The molecule has 0 radical (unpaired) electrons. The third kappa shape index (κ3) is 2.05. The number of carbonyl (C=O) groups is 2. The lowest BCUT2D eigenvalue weighted by molar-refractivity contribution is 0.104. The minimum atomic E-state index is 0.150. The maximum atomic E-state index is 12.6. The Bertz CT molecular complexity index is 992. The number of allylic oxidation sites excluding steroid dienone is 4. The van der Waals surface area contributed by atoms with Crippen molar-refractivity contribution in [2.45, 2.75) is 39.5 Å². The van der Waals surface area contributed by atoms with Gasteiger partial charge < -0.3 is 0 Å². The fourth-order valence-electron chi connectivity index (χ4n) is 4.90. The van der Waals surface area contributed by atoms with E-state index < -0.39 is 0 Å². The summed E-state index contributed by atoms with van der Waals surface area (Å²) in [5, 5.41) is 0. The number of rotatable bonds is 0. The second kappa shape index (κ2) is 5.38. The first-order chi connectivity index (χ1) is 12.5. The van der Waals surface area contributed by atoms with Crippen molar-refractivity contribution in [1.29, 1.82) is 0 Å². The van der Waals surface area contributed by atoms with Crippen LogP contribution >= 0.6 is 0 Å². The van der Waals surface area contributed by atoms with Gasteiger partial charge in [-0.2, -0.15) is 0 Å². The Balaban J connectivity index is 1.71. The molecule has 4 aliphatic carbocycles. The third-order valence-corrected chi connectivity index (χ3v) is 6.06. The summed E-state index contributed by atoms with van der Waals surface area (Å²) in [6.45, 7) is 4.07. The minimum Gasteiger partial charge on any atom is -0.289 e. The molecule has 0 heterocycles.